The Morgan fingerprint density at radius 2 is 1.62 bits per heavy atom. The molecule has 0 aliphatic heterocycles. The van der Waals surface area contributed by atoms with Crippen LogP contribution in [0.2, 0.25) is 0 Å². The number of carboxylic acid groups (broad SMARTS) is 1. The van der Waals surface area contributed by atoms with E-state index >= 15 is 0 Å². The fraction of sp³-hybridized carbons (Fsp3) is 0.286. The molecule has 0 unspecified atom stereocenters. The van der Waals surface area contributed by atoms with Crippen LogP contribution in [0.4, 0.5) is 0 Å². The van der Waals surface area contributed by atoms with E-state index in [2.05, 4.69) is 65.0 Å². The van der Waals surface area contributed by atoms with Gasteiger partial charge in [0.2, 0.25) is 0 Å². The third kappa shape index (κ3) is 4.17. The Morgan fingerprint density at radius 3 is 2.12 bits per heavy atom. The van der Waals surface area contributed by atoms with Crippen LogP contribution >= 0.6 is 0 Å². The average Bonchev–Trinajstić information content (AvgIpc) is 2.47. The van der Waals surface area contributed by atoms with Gasteiger partial charge in [0.05, 0.1) is 5.56 Å². The molecule has 0 amide bonds. The van der Waals surface area contributed by atoms with Crippen molar-refractivity contribution in [3.63, 3.8) is 0 Å². The molecule has 124 valence electrons. The van der Waals surface area contributed by atoms with E-state index in [0.29, 0.717) is 5.56 Å². The minimum absolute atomic E-state index is 0.0141. The van der Waals surface area contributed by atoms with Gasteiger partial charge >= 0.3 is 5.97 Å². The van der Waals surface area contributed by atoms with E-state index in [9.17, 15) is 9.90 Å². The van der Waals surface area contributed by atoms with Crippen molar-refractivity contribution in [2.24, 2.45) is 5.41 Å². The van der Waals surface area contributed by atoms with E-state index in [-0.39, 0.29) is 5.41 Å². The van der Waals surface area contributed by atoms with Gasteiger partial charge in [-0.05, 0) is 47.6 Å². The monoisotopic (exact) mass is 320 g/mol. The Morgan fingerprint density at radius 1 is 1.04 bits per heavy atom. The molecule has 2 aromatic carbocycles. The SMILES string of the molecule is Bc1cc(C(=O)O)cc(/C(=C\C(C)(C)C)c2ccc(C)cc2)c1C. The number of aryl methyl sites for hydroxylation is 1. The van der Waals surface area contributed by atoms with Gasteiger partial charge < -0.3 is 5.11 Å². The second-order valence-electron chi connectivity index (χ2n) is 7.56. The van der Waals surface area contributed by atoms with Gasteiger partial charge in [0, 0.05) is 0 Å². The Kier molecular flexibility index (Phi) is 5.03. The van der Waals surface area contributed by atoms with Crippen LogP contribution in [-0.2, 0) is 0 Å². The van der Waals surface area contributed by atoms with Crippen LogP contribution in [0.1, 0.15) is 53.4 Å². The summed E-state index contributed by atoms with van der Waals surface area (Å²) in [6, 6.07) is 11.9. The van der Waals surface area contributed by atoms with E-state index in [1.807, 2.05) is 7.85 Å². The topological polar surface area (TPSA) is 37.3 Å². The number of allylic oxidation sites excluding steroid dienone is 1. The van der Waals surface area contributed by atoms with E-state index in [4.69, 9.17) is 0 Å². The highest BCUT2D eigenvalue weighted by Gasteiger charge is 2.17. The van der Waals surface area contributed by atoms with Crippen molar-refractivity contribution in [2.75, 3.05) is 0 Å². The smallest absolute Gasteiger partial charge is 0.335 e. The van der Waals surface area contributed by atoms with Crippen molar-refractivity contribution in [3.8, 4) is 0 Å². The lowest BCUT2D eigenvalue weighted by Crippen LogP contribution is -2.15. The van der Waals surface area contributed by atoms with Crippen molar-refractivity contribution >= 4 is 24.9 Å². The summed E-state index contributed by atoms with van der Waals surface area (Å²) >= 11 is 0. The highest BCUT2D eigenvalue weighted by atomic mass is 16.4. The number of hydrogen-bond acceptors (Lipinski definition) is 1. The third-order valence-corrected chi connectivity index (χ3v) is 4.14. The van der Waals surface area contributed by atoms with Gasteiger partial charge in [-0.25, -0.2) is 4.79 Å². The van der Waals surface area contributed by atoms with E-state index in [1.165, 1.54) is 5.56 Å². The quantitative estimate of drug-likeness (QED) is 0.875. The molecule has 0 aromatic heterocycles. The molecule has 0 aliphatic rings. The van der Waals surface area contributed by atoms with Gasteiger partial charge in [0.15, 0.2) is 0 Å². The molecule has 0 aliphatic carbocycles. The zero-order valence-electron chi connectivity index (χ0n) is 15.4. The molecule has 24 heavy (non-hydrogen) atoms. The Hall–Kier alpha value is -2.29. The molecule has 0 heterocycles. The summed E-state index contributed by atoms with van der Waals surface area (Å²) in [6.07, 6.45) is 2.23. The first-order valence-electron chi connectivity index (χ1n) is 8.23. The van der Waals surface area contributed by atoms with Crippen LogP contribution in [0.3, 0.4) is 0 Å². The minimum Gasteiger partial charge on any atom is -0.478 e. The van der Waals surface area contributed by atoms with Crippen LogP contribution in [0, 0.1) is 19.3 Å². The van der Waals surface area contributed by atoms with Crippen LogP contribution in [0.15, 0.2) is 42.5 Å². The second kappa shape index (κ2) is 6.68. The van der Waals surface area contributed by atoms with E-state index < -0.39 is 5.97 Å². The molecule has 0 spiro atoms. The van der Waals surface area contributed by atoms with E-state index in [1.54, 1.807) is 12.1 Å². The molecule has 0 radical (unpaired) electrons. The normalized spacial score (nSPS) is 12.3. The molecular formula is C21H25BO2. The maximum absolute atomic E-state index is 11.5. The molecule has 0 saturated heterocycles. The lowest BCUT2D eigenvalue weighted by molar-refractivity contribution is 0.0697. The fourth-order valence-corrected chi connectivity index (χ4v) is 2.75. The summed E-state index contributed by atoms with van der Waals surface area (Å²) in [6.45, 7) is 10.6. The second-order valence-corrected chi connectivity index (χ2v) is 7.56. The molecule has 0 saturated carbocycles. The highest BCUT2D eigenvalue weighted by molar-refractivity contribution is 6.34. The van der Waals surface area contributed by atoms with Crippen molar-refractivity contribution in [1.82, 2.24) is 0 Å². The largest absolute Gasteiger partial charge is 0.478 e. The zero-order valence-corrected chi connectivity index (χ0v) is 15.4. The van der Waals surface area contributed by atoms with Crippen LogP contribution in [0.25, 0.3) is 5.57 Å². The summed E-state index contributed by atoms with van der Waals surface area (Å²) in [7, 11) is 1.97. The first kappa shape index (κ1) is 18.1. The lowest BCUT2D eigenvalue weighted by Gasteiger charge is -2.20. The predicted molar refractivity (Wildman–Crippen MR) is 104 cm³/mol. The molecule has 2 aromatic rings. The first-order valence-corrected chi connectivity index (χ1v) is 8.23. The molecule has 2 nitrogen and oxygen atoms in total. The van der Waals surface area contributed by atoms with Gasteiger partial charge in [0.25, 0.3) is 0 Å². The van der Waals surface area contributed by atoms with Crippen LogP contribution < -0.4 is 5.46 Å². The number of hydrogen-bond donors (Lipinski definition) is 1. The molecule has 3 heteroatoms. The minimum atomic E-state index is -0.890. The maximum atomic E-state index is 11.5. The molecule has 1 N–H and O–H groups in total. The molecule has 0 atom stereocenters. The van der Waals surface area contributed by atoms with Crippen molar-refractivity contribution in [3.05, 3.63) is 70.3 Å². The predicted octanol–water partition coefficient (Wildman–Crippen LogP) is 3.74. The molecular weight excluding hydrogens is 295 g/mol. The van der Waals surface area contributed by atoms with Crippen LogP contribution in [-0.4, -0.2) is 18.9 Å². The Labute approximate surface area is 145 Å². The number of carbonyl (C=O) groups is 1. The maximum Gasteiger partial charge on any atom is 0.335 e. The zero-order chi connectivity index (χ0) is 18.1. The Bertz CT molecular complexity index is 794. The highest BCUT2D eigenvalue weighted by Crippen LogP contribution is 2.31. The molecule has 0 bridgehead atoms. The van der Waals surface area contributed by atoms with Gasteiger partial charge in [-0.2, -0.15) is 0 Å². The number of carboxylic acids is 1. The van der Waals surface area contributed by atoms with Crippen molar-refractivity contribution < 1.29 is 9.90 Å². The number of benzene rings is 2. The molecule has 2 rings (SSSR count). The number of rotatable bonds is 3. The summed E-state index contributed by atoms with van der Waals surface area (Å²) in [5, 5.41) is 9.43. The molecule has 0 fully saturated rings. The van der Waals surface area contributed by atoms with Gasteiger partial charge in [-0.1, -0.05) is 68.2 Å². The lowest BCUT2D eigenvalue weighted by atomic mass is 9.80. The standard InChI is InChI=1S/C21H25BO2/c1-13-6-8-15(9-7-13)18(12-21(3,4)5)17-10-16(20(23)24)11-19(22)14(17)2/h6-12H,22H2,1-5H3,(H,23,24)/b18-12-. The van der Waals surface area contributed by atoms with Crippen LogP contribution in [0.5, 0.6) is 0 Å². The third-order valence-electron chi connectivity index (χ3n) is 4.14. The van der Waals surface area contributed by atoms with Gasteiger partial charge in [0.1, 0.15) is 7.85 Å². The van der Waals surface area contributed by atoms with Gasteiger partial charge in [-0.15, -0.1) is 0 Å². The summed E-state index contributed by atoms with van der Waals surface area (Å²) in [5.74, 6) is -0.890. The fourth-order valence-electron chi connectivity index (χ4n) is 2.75. The van der Waals surface area contributed by atoms with Crippen molar-refractivity contribution in [2.45, 2.75) is 34.6 Å². The number of aromatic carboxylic acids is 1. The first-order chi connectivity index (χ1) is 11.1. The van der Waals surface area contributed by atoms with Crippen molar-refractivity contribution in [1.29, 1.82) is 0 Å². The Balaban J connectivity index is 2.75. The summed E-state index contributed by atoms with van der Waals surface area (Å²) < 4.78 is 0. The summed E-state index contributed by atoms with van der Waals surface area (Å²) in [5.41, 5.74) is 6.84. The van der Waals surface area contributed by atoms with Gasteiger partial charge in [-0.3, -0.25) is 0 Å². The average molecular weight is 320 g/mol. The van der Waals surface area contributed by atoms with E-state index in [0.717, 1.165) is 27.7 Å². The summed E-state index contributed by atoms with van der Waals surface area (Å²) in [4.78, 5) is 11.5.